The molecule has 202 valence electrons. The van der Waals surface area contributed by atoms with Crippen molar-refractivity contribution >= 4 is 34.4 Å². The SMILES string of the molecule is c1c[nH]c(N2C(c3ncc[nH]3)C(c3ccn[nH]3)=C(c3csnn3)N(c3conn3)C2(c2cn[nH]n2)c2ccon2)c1. The van der Waals surface area contributed by atoms with E-state index in [0.717, 1.165) is 5.57 Å². The molecule has 0 fully saturated rings. The second kappa shape index (κ2) is 9.09. The highest BCUT2D eigenvalue weighted by molar-refractivity contribution is 7.03. The van der Waals surface area contributed by atoms with E-state index in [1.165, 1.54) is 24.1 Å². The number of aromatic amines is 4. The summed E-state index contributed by atoms with van der Waals surface area (Å²) in [5.74, 6) is 1.62. The first-order valence-electron chi connectivity index (χ1n) is 12.1. The lowest BCUT2D eigenvalue weighted by molar-refractivity contribution is 0.361. The fraction of sp³-hybridized carbons (Fsp3) is 0.0870. The normalized spacial score (nSPS) is 19.4. The predicted octanol–water partition coefficient (Wildman–Crippen LogP) is 2.34. The van der Waals surface area contributed by atoms with Crippen LogP contribution in [0, 0.1) is 0 Å². The van der Waals surface area contributed by atoms with Gasteiger partial charge >= 0.3 is 0 Å². The molecule has 41 heavy (non-hydrogen) atoms. The van der Waals surface area contributed by atoms with Crippen molar-refractivity contribution in [1.29, 1.82) is 0 Å². The number of nitrogens with zero attached hydrogens (tertiary/aromatic N) is 11. The van der Waals surface area contributed by atoms with E-state index in [4.69, 9.17) is 14.0 Å². The summed E-state index contributed by atoms with van der Waals surface area (Å²) in [5.41, 5.74) is 2.03. The van der Waals surface area contributed by atoms with Crippen molar-refractivity contribution < 1.29 is 9.05 Å². The maximum absolute atomic E-state index is 5.46. The molecule has 8 heterocycles. The largest absolute Gasteiger partial charge is 0.364 e. The first kappa shape index (κ1) is 23.0. The highest BCUT2D eigenvalue weighted by Crippen LogP contribution is 2.57. The predicted molar refractivity (Wildman–Crippen MR) is 140 cm³/mol. The number of hydrogen-bond donors (Lipinski definition) is 4. The van der Waals surface area contributed by atoms with Crippen molar-refractivity contribution in [2.24, 2.45) is 0 Å². The van der Waals surface area contributed by atoms with Crippen molar-refractivity contribution in [3.63, 3.8) is 0 Å². The average Bonchev–Trinajstić information content (AvgIpc) is 3.87. The minimum Gasteiger partial charge on any atom is -0.364 e. The molecule has 18 heteroatoms. The summed E-state index contributed by atoms with van der Waals surface area (Å²) in [7, 11) is 0. The Balaban J connectivity index is 1.62. The average molecular weight is 568 g/mol. The Morgan fingerprint density at radius 3 is 2.66 bits per heavy atom. The molecule has 0 aromatic carbocycles. The Kier molecular flexibility index (Phi) is 5.10. The third-order valence-corrected chi connectivity index (χ3v) is 7.35. The van der Waals surface area contributed by atoms with Gasteiger partial charge in [0.2, 0.25) is 5.66 Å². The number of hydrogen-bond acceptors (Lipinski definition) is 14. The van der Waals surface area contributed by atoms with Gasteiger partial charge in [-0.1, -0.05) is 14.7 Å². The quantitative estimate of drug-likeness (QED) is 0.218. The van der Waals surface area contributed by atoms with Crippen LogP contribution in [0.3, 0.4) is 0 Å². The molecular weight excluding hydrogens is 550 g/mol. The molecule has 4 N–H and O–H groups in total. The molecule has 0 spiro atoms. The molecule has 2 atom stereocenters. The molecule has 2 unspecified atom stereocenters. The highest BCUT2D eigenvalue weighted by Gasteiger charge is 2.61. The minimum absolute atomic E-state index is 0.325. The van der Waals surface area contributed by atoms with Crippen molar-refractivity contribution in [2.75, 3.05) is 9.80 Å². The molecule has 1 aliphatic rings. The van der Waals surface area contributed by atoms with E-state index in [9.17, 15) is 0 Å². The van der Waals surface area contributed by atoms with Crippen LogP contribution in [-0.2, 0) is 5.66 Å². The zero-order chi connectivity index (χ0) is 27.2. The van der Waals surface area contributed by atoms with E-state index in [0.29, 0.717) is 45.9 Å². The number of anilines is 2. The van der Waals surface area contributed by atoms with E-state index >= 15 is 0 Å². The van der Waals surface area contributed by atoms with Gasteiger partial charge in [-0.3, -0.25) is 10.00 Å². The molecule has 0 saturated carbocycles. The molecule has 0 aliphatic carbocycles. The van der Waals surface area contributed by atoms with Gasteiger partial charge in [-0.05, 0) is 29.7 Å². The lowest BCUT2D eigenvalue weighted by atomic mass is 9.84. The lowest BCUT2D eigenvalue weighted by Gasteiger charge is -2.55. The number of imidazole rings is 1. The van der Waals surface area contributed by atoms with Crippen LogP contribution in [0.15, 0.2) is 82.2 Å². The van der Waals surface area contributed by atoms with Gasteiger partial charge in [0.15, 0.2) is 12.1 Å². The van der Waals surface area contributed by atoms with Gasteiger partial charge in [-0.15, -0.1) is 5.10 Å². The topological polar surface area (TPSA) is 212 Å². The maximum atomic E-state index is 5.46. The molecule has 7 aromatic heterocycles. The van der Waals surface area contributed by atoms with Crippen LogP contribution >= 0.6 is 11.5 Å². The second-order valence-electron chi connectivity index (χ2n) is 8.84. The minimum atomic E-state index is -1.44. The molecule has 1 aliphatic heterocycles. The highest BCUT2D eigenvalue weighted by atomic mass is 32.1. The Morgan fingerprint density at radius 1 is 1.00 bits per heavy atom. The zero-order valence-corrected chi connectivity index (χ0v) is 21.5. The molecule has 0 saturated heterocycles. The monoisotopic (exact) mass is 567 g/mol. The van der Waals surface area contributed by atoms with Gasteiger partial charge in [0, 0.05) is 47.1 Å². The Morgan fingerprint density at radius 2 is 2.00 bits per heavy atom. The van der Waals surface area contributed by atoms with Crippen LogP contribution in [0.1, 0.15) is 34.6 Å². The van der Waals surface area contributed by atoms with Crippen molar-refractivity contribution in [3.8, 4) is 0 Å². The third kappa shape index (κ3) is 3.30. The number of nitrogens with one attached hydrogen (secondary N) is 4. The molecule has 0 radical (unpaired) electrons. The summed E-state index contributed by atoms with van der Waals surface area (Å²) in [5, 5.41) is 37.9. The van der Waals surface area contributed by atoms with Crippen molar-refractivity contribution in [1.82, 2.24) is 65.7 Å². The maximum Gasteiger partial charge on any atom is 0.215 e. The van der Waals surface area contributed by atoms with E-state index in [1.807, 2.05) is 34.7 Å². The fourth-order valence-electron chi connectivity index (χ4n) is 5.41. The number of H-pyrrole nitrogens is 4. The van der Waals surface area contributed by atoms with Crippen molar-refractivity contribution in [3.05, 3.63) is 102 Å². The number of rotatable bonds is 7. The molecule has 0 amide bonds. The summed E-state index contributed by atoms with van der Waals surface area (Å²) in [6, 6.07) is 6.82. The fourth-order valence-corrected chi connectivity index (χ4v) is 5.85. The zero-order valence-electron chi connectivity index (χ0n) is 20.6. The van der Waals surface area contributed by atoms with Gasteiger partial charge in [0.1, 0.15) is 41.0 Å². The van der Waals surface area contributed by atoms with E-state index in [1.54, 1.807) is 30.9 Å². The summed E-state index contributed by atoms with van der Waals surface area (Å²) in [4.78, 5) is 15.4. The molecule has 0 bridgehead atoms. The second-order valence-corrected chi connectivity index (χ2v) is 9.45. The number of aromatic nitrogens is 13. The smallest absolute Gasteiger partial charge is 0.215 e. The van der Waals surface area contributed by atoms with Crippen LogP contribution in [0.5, 0.6) is 0 Å². The van der Waals surface area contributed by atoms with Gasteiger partial charge in [0.25, 0.3) is 0 Å². The molecule has 17 nitrogen and oxygen atoms in total. The molecular formula is C23H17N15O2S. The summed E-state index contributed by atoms with van der Waals surface area (Å²) < 4.78 is 15.0. The van der Waals surface area contributed by atoms with E-state index in [2.05, 4.69) is 65.6 Å². The van der Waals surface area contributed by atoms with Gasteiger partial charge in [0.05, 0.1) is 17.6 Å². The van der Waals surface area contributed by atoms with E-state index in [-0.39, 0.29) is 0 Å². The first-order valence-corrected chi connectivity index (χ1v) is 13.0. The van der Waals surface area contributed by atoms with Gasteiger partial charge < -0.3 is 23.9 Å². The van der Waals surface area contributed by atoms with E-state index < -0.39 is 11.7 Å². The first-order chi connectivity index (χ1) is 20.4. The summed E-state index contributed by atoms with van der Waals surface area (Å²) in [6.07, 6.45) is 11.5. The molecule has 7 aromatic rings. The molecule has 8 rings (SSSR count). The van der Waals surface area contributed by atoms with Crippen LogP contribution in [-0.4, -0.2) is 65.7 Å². The van der Waals surface area contributed by atoms with Crippen LogP contribution in [0.25, 0.3) is 11.3 Å². The standard InChI is InChI=1S/C23H17N15O2S/c1-2-17(24-5-1)37-21(22-25-7-8-26-22)19(13-3-6-27-29-13)20(14-12-41-36-30-14)38(18-11-40-35-32-18)23(37,15-4-9-39-33-15)16-10-28-34-31-16/h1-12,21,24H,(H,25,26)(H,27,29)(H,28,31,34). The lowest BCUT2D eigenvalue weighted by Crippen LogP contribution is -2.64. The van der Waals surface area contributed by atoms with Crippen LogP contribution < -0.4 is 9.80 Å². The van der Waals surface area contributed by atoms with Crippen LogP contribution in [0.2, 0.25) is 0 Å². The van der Waals surface area contributed by atoms with Gasteiger partial charge in [-0.25, -0.2) is 4.98 Å². The summed E-state index contributed by atoms with van der Waals surface area (Å²) in [6.45, 7) is 0. The Labute approximate surface area is 232 Å². The van der Waals surface area contributed by atoms with Gasteiger partial charge in [-0.2, -0.15) is 20.5 Å². The Bertz CT molecular complexity index is 1810. The third-order valence-electron chi connectivity index (χ3n) is 6.84. The van der Waals surface area contributed by atoms with Crippen molar-refractivity contribution in [2.45, 2.75) is 11.7 Å². The Hall–Kier alpha value is -5.91. The van der Waals surface area contributed by atoms with Crippen LogP contribution in [0.4, 0.5) is 11.6 Å². The summed E-state index contributed by atoms with van der Waals surface area (Å²) >= 11 is 1.21.